The molecule has 150 valence electrons. The van der Waals surface area contributed by atoms with Gasteiger partial charge in [0, 0.05) is 30.2 Å². The van der Waals surface area contributed by atoms with E-state index in [0.29, 0.717) is 38.0 Å². The summed E-state index contributed by atoms with van der Waals surface area (Å²) < 4.78 is 6.98. The number of rotatable bonds is 6. The standard InChI is InChI=1S/C21H23N5O3/c1-14-18(15(2)29-24-14)7-10-22-21(28)17-5-3-16(4-6-17)13-25-19-8-11-23-26(19)12-9-20(25)27/h3-6,8,11H,7,9-10,12-13H2,1-2H3,(H,22,28). The Morgan fingerprint density at radius 1 is 1.21 bits per heavy atom. The van der Waals surface area contributed by atoms with E-state index < -0.39 is 0 Å². The highest BCUT2D eigenvalue weighted by Crippen LogP contribution is 2.23. The minimum absolute atomic E-state index is 0.0825. The van der Waals surface area contributed by atoms with Crippen molar-refractivity contribution in [2.24, 2.45) is 0 Å². The molecule has 1 aliphatic rings. The van der Waals surface area contributed by atoms with Crippen LogP contribution in [-0.4, -0.2) is 33.3 Å². The van der Waals surface area contributed by atoms with Crippen LogP contribution in [0, 0.1) is 13.8 Å². The maximum Gasteiger partial charge on any atom is 0.251 e. The summed E-state index contributed by atoms with van der Waals surface area (Å²) in [6, 6.07) is 9.17. The fraction of sp³-hybridized carbons (Fsp3) is 0.333. The van der Waals surface area contributed by atoms with Crippen molar-refractivity contribution in [1.29, 1.82) is 0 Å². The van der Waals surface area contributed by atoms with Gasteiger partial charge in [0.05, 0.1) is 25.0 Å². The number of nitrogens with zero attached hydrogens (tertiary/aromatic N) is 4. The average molecular weight is 393 g/mol. The number of hydrogen-bond donors (Lipinski definition) is 1. The zero-order chi connectivity index (χ0) is 20.4. The van der Waals surface area contributed by atoms with Crippen molar-refractivity contribution in [3.8, 4) is 0 Å². The molecule has 2 amide bonds. The Labute approximate surface area is 168 Å². The quantitative estimate of drug-likeness (QED) is 0.694. The van der Waals surface area contributed by atoms with Crippen LogP contribution in [0.5, 0.6) is 0 Å². The van der Waals surface area contributed by atoms with Gasteiger partial charge in [-0.3, -0.25) is 14.5 Å². The van der Waals surface area contributed by atoms with Gasteiger partial charge in [-0.2, -0.15) is 5.10 Å². The van der Waals surface area contributed by atoms with Gasteiger partial charge in [0.25, 0.3) is 5.91 Å². The van der Waals surface area contributed by atoms with Crippen LogP contribution < -0.4 is 10.2 Å². The average Bonchev–Trinajstić information content (AvgIpc) is 3.32. The fourth-order valence-electron chi connectivity index (χ4n) is 3.57. The van der Waals surface area contributed by atoms with E-state index in [1.54, 1.807) is 23.2 Å². The molecule has 0 fully saturated rings. The van der Waals surface area contributed by atoms with Crippen LogP contribution >= 0.6 is 0 Å². The van der Waals surface area contributed by atoms with E-state index in [1.807, 2.05) is 36.7 Å². The van der Waals surface area contributed by atoms with Crippen LogP contribution in [0.25, 0.3) is 0 Å². The van der Waals surface area contributed by atoms with Gasteiger partial charge in [-0.05, 0) is 38.0 Å². The van der Waals surface area contributed by atoms with Gasteiger partial charge < -0.3 is 9.84 Å². The number of nitrogens with one attached hydrogen (secondary N) is 1. The third kappa shape index (κ3) is 3.91. The highest BCUT2D eigenvalue weighted by Gasteiger charge is 2.24. The molecule has 0 saturated heterocycles. The maximum absolute atomic E-state index is 12.4. The minimum Gasteiger partial charge on any atom is -0.361 e. The summed E-state index contributed by atoms with van der Waals surface area (Å²) in [5.41, 5.74) is 3.43. The monoisotopic (exact) mass is 393 g/mol. The lowest BCUT2D eigenvalue weighted by Crippen LogP contribution is -2.36. The number of hydrogen-bond acceptors (Lipinski definition) is 5. The molecular formula is C21H23N5O3. The number of amides is 2. The van der Waals surface area contributed by atoms with Gasteiger partial charge in [-0.15, -0.1) is 0 Å². The van der Waals surface area contributed by atoms with Crippen LogP contribution in [0.4, 0.5) is 5.82 Å². The largest absolute Gasteiger partial charge is 0.361 e. The Morgan fingerprint density at radius 3 is 2.72 bits per heavy atom. The van der Waals surface area contributed by atoms with Gasteiger partial charge in [0.2, 0.25) is 5.91 Å². The first-order valence-corrected chi connectivity index (χ1v) is 9.64. The lowest BCUT2D eigenvalue weighted by molar-refractivity contribution is -0.119. The van der Waals surface area contributed by atoms with E-state index in [-0.39, 0.29) is 11.8 Å². The van der Waals surface area contributed by atoms with Crippen molar-refractivity contribution in [3.05, 3.63) is 64.7 Å². The zero-order valence-electron chi connectivity index (χ0n) is 16.5. The summed E-state index contributed by atoms with van der Waals surface area (Å²) in [6.45, 7) is 5.35. The molecule has 0 unspecified atom stereocenters. The summed E-state index contributed by atoms with van der Waals surface area (Å²) in [7, 11) is 0. The van der Waals surface area contributed by atoms with Gasteiger partial charge >= 0.3 is 0 Å². The minimum atomic E-state index is -0.129. The summed E-state index contributed by atoms with van der Waals surface area (Å²) in [4.78, 5) is 26.4. The molecule has 3 heterocycles. The second kappa shape index (κ2) is 7.90. The lowest BCUT2D eigenvalue weighted by Gasteiger charge is -2.27. The first kappa shape index (κ1) is 18.9. The van der Waals surface area contributed by atoms with Crippen molar-refractivity contribution in [3.63, 3.8) is 0 Å². The number of carbonyl (C=O) groups excluding carboxylic acids is 2. The van der Waals surface area contributed by atoms with Crippen LogP contribution in [0.15, 0.2) is 41.1 Å². The Hall–Kier alpha value is -3.42. The molecule has 0 radical (unpaired) electrons. The molecule has 4 rings (SSSR count). The molecule has 1 N–H and O–H groups in total. The molecule has 0 atom stereocenters. The maximum atomic E-state index is 12.4. The van der Waals surface area contributed by atoms with Crippen LogP contribution in [0.3, 0.4) is 0 Å². The first-order valence-electron chi connectivity index (χ1n) is 9.64. The second-order valence-electron chi connectivity index (χ2n) is 7.15. The molecule has 3 aromatic rings. The highest BCUT2D eigenvalue weighted by atomic mass is 16.5. The van der Waals surface area contributed by atoms with Gasteiger partial charge in [-0.25, -0.2) is 4.68 Å². The van der Waals surface area contributed by atoms with Gasteiger partial charge in [0.15, 0.2) is 0 Å². The number of carbonyl (C=O) groups is 2. The third-order valence-electron chi connectivity index (χ3n) is 5.21. The van der Waals surface area contributed by atoms with Crippen molar-refractivity contribution >= 4 is 17.6 Å². The van der Waals surface area contributed by atoms with Gasteiger partial charge in [-0.1, -0.05) is 17.3 Å². The number of fused-ring (bicyclic) bond motifs is 1. The molecule has 0 bridgehead atoms. The molecular weight excluding hydrogens is 370 g/mol. The Balaban J connectivity index is 1.35. The molecule has 1 aromatic carbocycles. The van der Waals surface area contributed by atoms with Crippen LogP contribution in [0.2, 0.25) is 0 Å². The molecule has 0 spiro atoms. The third-order valence-corrected chi connectivity index (χ3v) is 5.21. The second-order valence-corrected chi connectivity index (χ2v) is 7.15. The van der Waals surface area contributed by atoms with E-state index in [1.165, 1.54) is 0 Å². The summed E-state index contributed by atoms with van der Waals surface area (Å²) in [5.74, 6) is 1.55. The topological polar surface area (TPSA) is 93.3 Å². The van der Waals surface area contributed by atoms with E-state index in [4.69, 9.17) is 4.52 Å². The van der Waals surface area contributed by atoms with Crippen molar-refractivity contribution in [1.82, 2.24) is 20.3 Å². The van der Waals surface area contributed by atoms with Crippen molar-refractivity contribution in [2.45, 2.75) is 39.8 Å². The van der Waals surface area contributed by atoms with E-state index in [0.717, 1.165) is 28.4 Å². The fourth-order valence-corrected chi connectivity index (χ4v) is 3.57. The Bertz CT molecular complexity index is 1020. The number of aryl methyl sites for hydroxylation is 3. The predicted octanol–water partition coefficient (Wildman–Crippen LogP) is 2.40. The molecule has 0 saturated carbocycles. The number of aromatic nitrogens is 3. The smallest absolute Gasteiger partial charge is 0.251 e. The van der Waals surface area contributed by atoms with E-state index >= 15 is 0 Å². The summed E-state index contributed by atoms with van der Waals surface area (Å²) in [6.07, 6.45) is 2.83. The van der Waals surface area contributed by atoms with Crippen molar-refractivity contribution < 1.29 is 14.1 Å². The first-order chi connectivity index (χ1) is 14.0. The van der Waals surface area contributed by atoms with E-state index in [9.17, 15) is 9.59 Å². The predicted molar refractivity (Wildman–Crippen MR) is 106 cm³/mol. The van der Waals surface area contributed by atoms with Crippen LogP contribution in [0.1, 0.15) is 39.4 Å². The Morgan fingerprint density at radius 2 is 2.00 bits per heavy atom. The SMILES string of the molecule is Cc1noc(C)c1CCNC(=O)c1ccc(CN2C(=O)CCn3nccc32)cc1. The highest BCUT2D eigenvalue weighted by molar-refractivity contribution is 5.95. The van der Waals surface area contributed by atoms with Crippen molar-refractivity contribution in [2.75, 3.05) is 11.4 Å². The molecule has 29 heavy (non-hydrogen) atoms. The van der Waals surface area contributed by atoms with E-state index in [2.05, 4.69) is 15.6 Å². The normalized spacial score (nSPS) is 13.4. The Kier molecular flexibility index (Phi) is 5.16. The summed E-state index contributed by atoms with van der Waals surface area (Å²) >= 11 is 0. The molecule has 0 aliphatic carbocycles. The number of anilines is 1. The lowest BCUT2D eigenvalue weighted by atomic mass is 10.1. The number of benzene rings is 1. The van der Waals surface area contributed by atoms with Gasteiger partial charge in [0.1, 0.15) is 11.6 Å². The molecule has 1 aliphatic heterocycles. The molecule has 8 heteroatoms. The van der Waals surface area contributed by atoms with Crippen LogP contribution in [-0.2, 0) is 24.3 Å². The molecule has 2 aromatic heterocycles. The zero-order valence-corrected chi connectivity index (χ0v) is 16.5. The molecule has 8 nitrogen and oxygen atoms in total. The summed E-state index contributed by atoms with van der Waals surface area (Å²) in [5, 5.41) is 11.1.